The van der Waals surface area contributed by atoms with E-state index in [1.807, 2.05) is 29.2 Å². The SMILES string of the molecule is N#CC12CCC1[C@@H](N)C(=O)N1[C@H](c3cccc(Cl)c3)CC[C@@H]12. The van der Waals surface area contributed by atoms with Gasteiger partial charge in [0.25, 0.3) is 0 Å². The number of nitriles is 1. The minimum atomic E-state index is -0.538. The summed E-state index contributed by atoms with van der Waals surface area (Å²) in [5.41, 5.74) is 6.80. The van der Waals surface area contributed by atoms with Crippen LogP contribution in [0.3, 0.4) is 0 Å². The van der Waals surface area contributed by atoms with Gasteiger partial charge in [-0.15, -0.1) is 0 Å². The number of fused-ring (bicyclic) bond motifs is 3. The molecule has 5 heteroatoms. The van der Waals surface area contributed by atoms with Gasteiger partial charge in [0.15, 0.2) is 0 Å². The summed E-state index contributed by atoms with van der Waals surface area (Å²) in [5.74, 6) is 0.0346. The zero-order valence-corrected chi connectivity index (χ0v) is 13.0. The fraction of sp³-hybridized carbons (Fsp3) is 0.529. The van der Waals surface area contributed by atoms with Crippen molar-refractivity contribution >= 4 is 17.5 Å². The van der Waals surface area contributed by atoms with Gasteiger partial charge < -0.3 is 10.6 Å². The van der Waals surface area contributed by atoms with Crippen LogP contribution in [0.1, 0.15) is 37.3 Å². The fourth-order valence-corrected chi connectivity index (χ4v) is 4.96. The van der Waals surface area contributed by atoms with Crippen LogP contribution in [0.4, 0.5) is 0 Å². The number of piperidine rings is 1. The Morgan fingerprint density at radius 1 is 1.36 bits per heavy atom. The van der Waals surface area contributed by atoms with Crippen molar-refractivity contribution in [3.8, 4) is 6.07 Å². The van der Waals surface area contributed by atoms with E-state index in [1.54, 1.807) is 0 Å². The van der Waals surface area contributed by atoms with Crippen LogP contribution >= 0.6 is 11.6 Å². The van der Waals surface area contributed by atoms with E-state index in [-0.39, 0.29) is 23.9 Å². The van der Waals surface area contributed by atoms with Crippen molar-refractivity contribution in [1.29, 1.82) is 5.26 Å². The Labute approximate surface area is 134 Å². The summed E-state index contributed by atoms with van der Waals surface area (Å²) in [4.78, 5) is 14.7. The summed E-state index contributed by atoms with van der Waals surface area (Å²) in [5, 5.41) is 10.4. The lowest BCUT2D eigenvalue weighted by Crippen LogP contribution is -2.68. The first-order chi connectivity index (χ1) is 10.6. The van der Waals surface area contributed by atoms with Crippen LogP contribution in [-0.4, -0.2) is 22.9 Å². The molecular weight excluding hydrogens is 298 g/mol. The molecule has 0 radical (unpaired) electrons. The van der Waals surface area contributed by atoms with E-state index in [2.05, 4.69) is 6.07 Å². The zero-order chi connectivity index (χ0) is 15.5. The van der Waals surface area contributed by atoms with Crippen molar-refractivity contribution in [2.24, 2.45) is 17.1 Å². The number of amides is 1. The van der Waals surface area contributed by atoms with Crippen LogP contribution in [0, 0.1) is 22.7 Å². The molecule has 1 aromatic rings. The van der Waals surface area contributed by atoms with Crippen molar-refractivity contribution in [3.63, 3.8) is 0 Å². The van der Waals surface area contributed by atoms with Crippen LogP contribution in [0.25, 0.3) is 0 Å². The summed E-state index contributed by atoms with van der Waals surface area (Å²) < 4.78 is 0. The van der Waals surface area contributed by atoms with E-state index in [4.69, 9.17) is 17.3 Å². The first-order valence-corrected chi connectivity index (χ1v) is 8.21. The van der Waals surface area contributed by atoms with Gasteiger partial charge in [-0.2, -0.15) is 5.26 Å². The Bertz CT molecular complexity index is 685. The highest BCUT2D eigenvalue weighted by atomic mass is 35.5. The number of nitrogens with zero attached hydrogens (tertiary/aromatic N) is 2. The normalized spacial score (nSPS) is 39.7. The number of hydrogen-bond acceptors (Lipinski definition) is 3. The average molecular weight is 316 g/mol. The molecule has 3 aliphatic rings. The van der Waals surface area contributed by atoms with Gasteiger partial charge in [0.05, 0.1) is 29.6 Å². The zero-order valence-electron chi connectivity index (χ0n) is 12.2. The number of halogens is 1. The lowest BCUT2D eigenvalue weighted by molar-refractivity contribution is -0.156. The number of carbonyl (C=O) groups is 1. The van der Waals surface area contributed by atoms with Crippen LogP contribution in [0.2, 0.25) is 5.02 Å². The van der Waals surface area contributed by atoms with E-state index in [0.29, 0.717) is 5.02 Å². The maximum Gasteiger partial charge on any atom is 0.240 e. The molecule has 1 saturated carbocycles. The van der Waals surface area contributed by atoms with Gasteiger partial charge in [0.1, 0.15) is 0 Å². The molecule has 2 N–H and O–H groups in total. The van der Waals surface area contributed by atoms with E-state index in [1.165, 1.54) is 0 Å². The van der Waals surface area contributed by atoms with Gasteiger partial charge in [-0.05, 0) is 43.4 Å². The maximum atomic E-state index is 12.8. The molecule has 2 aliphatic heterocycles. The Hall–Kier alpha value is -1.57. The number of benzene rings is 1. The third kappa shape index (κ3) is 1.64. The quantitative estimate of drug-likeness (QED) is 0.866. The third-order valence-corrected chi connectivity index (χ3v) is 6.16. The Balaban J connectivity index is 1.75. The molecule has 2 saturated heterocycles. The molecule has 114 valence electrons. The minimum Gasteiger partial charge on any atom is -0.330 e. The molecule has 1 aromatic carbocycles. The van der Waals surface area contributed by atoms with Crippen molar-refractivity contribution in [3.05, 3.63) is 34.9 Å². The predicted molar refractivity (Wildman–Crippen MR) is 82.8 cm³/mol. The van der Waals surface area contributed by atoms with E-state index >= 15 is 0 Å². The van der Waals surface area contributed by atoms with Crippen molar-refractivity contribution < 1.29 is 4.79 Å². The molecule has 2 heterocycles. The van der Waals surface area contributed by atoms with Crippen LogP contribution < -0.4 is 5.73 Å². The predicted octanol–water partition coefficient (Wildman–Crippen LogP) is 2.63. The molecule has 0 aromatic heterocycles. The van der Waals surface area contributed by atoms with Crippen LogP contribution in [0.15, 0.2) is 24.3 Å². The Morgan fingerprint density at radius 3 is 2.82 bits per heavy atom. The van der Waals surface area contributed by atoms with Crippen molar-refractivity contribution in [2.75, 3.05) is 0 Å². The van der Waals surface area contributed by atoms with E-state index in [0.717, 1.165) is 31.2 Å². The second kappa shape index (κ2) is 4.71. The Kier molecular flexibility index (Phi) is 3.01. The lowest BCUT2D eigenvalue weighted by Gasteiger charge is -2.57. The summed E-state index contributed by atoms with van der Waals surface area (Å²) in [6.07, 6.45) is 3.50. The second-order valence-corrected chi connectivity index (χ2v) is 7.17. The number of nitrogens with two attached hydrogens (primary N) is 1. The molecule has 0 spiro atoms. The average Bonchev–Trinajstić information content (AvgIpc) is 2.91. The topological polar surface area (TPSA) is 70.1 Å². The smallest absolute Gasteiger partial charge is 0.240 e. The van der Waals surface area contributed by atoms with Crippen LogP contribution in [0.5, 0.6) is 0 Å². The minimum absolute atomic E-state index is 0.00282. The molecule has 1 aliphatic carbocycles. The van der Waals surface area contributed by atoms with Gasteiger partial charge in [0, 0.05) is 10.9 Å². The molecule has 1 amide bonds. The third-order valence-electron chi connectivity index (χ3n) is 5.93. The number of carbonyl (C=O) groups excluding carboxylic acids is 1. The molecular formula is C17H18ClN3O. The second-order valence-electron chi connectivity index (χ2n) is 6.73. The van der Waals surface area contributed by atoms with Gasteiger partial charge in [-0.3, -0.25) is 4.79 Å². The van der Waals surface area contributed by atoms with Crippen LogP contribution in [-0.2, 0) is 4.79 Å². The lowest BCUT2D eigenvalue weighted by atomic mass is 9.52. The Morgan fingerprint density at radius 2 is 2.18 bits per heavy atom. The molecule has 0 bridgehead atoms. The monoisotopic (exact) mass is 315 g/mol. The molecule has 3 fully saturated rings. The largest absolute Gasteiger partial charge is 0.330 e. The van der Waals surface area contributed by atoms with Crippen molar-refractivity contribution in [2.45, 2.75) is 43.8 Å². The standard InChI is InChI=1S/C17H18ClN3O/c18-11-3-1-2-10(8-11)13-4-5-14-17(9-19)7-6-12(17)15(20)16(22)21(13)14/h1-3,8,12-15H,4-7,20H2/t12?,13-,14+,15+,17?/m0/s1. The van der Waals surface area contributed by atoms with E-state index in [9.17, 15) is 10.1 Å². The summed E-state index contributed by atoms with van der Waals surface area (Å²) in [7, 11) is 0. The molecule has 4 rings (SSSR count). The van der Waals surface area contributed by atoms with Gasteiger partial charge in [-0.1, -0.05) is 23.7 Å². The molecule has 5 atom stereocenters. The van der Waals surface area contributed by atoms with Gasteiger partial charge in [-0.25, -0.2) is 0 Å². The number of hydrogen-bond donors (Lipinski definition) is 1. The van der Waals surface area contributed by atoms with Gasteiger partial charge >= 0.3 is 0 Å². The first-order valence-electron chi connectivity index (χ1n) is 7.83. The van der Waals surface area contributed by atoms with Crippen molar-refractivity contribution in [1.82, 2.24) is 4.90 Å². The molecule has 4 nitrogen and oxygen atoms in total. The summed E-state index contributed by atoms with van der Waals surface area (Å²) in [6.45, 7) is 0. The summed E-state index contributed by atoms with van der Waals surface area (Å²) in [6, 6.07) is 9.65. The first kappa shape index (κ1) is 14.0. The number of rotatable bonds is 1. The highest BCUT2D eigenvalue weighted by molar-refractivity contribution is 6.30. The fourth-order valence-electron chi connectivity index (χ4n) is 4.76. The molecule has 2 unspecified atom stereocenters. The maximum absolute atomic E-state index is 12.8. The van der Waals surface area contributed by atoms with Gasteiger partial charge in [0.2, 0.25) is 5.91 Å². The van der Waals surface area contributed by atoms with E-state index < -0.39 is 11.5 Å². The highest BCUT2D eigenvalue weighted by Gasteiger charge is 2.65. The highest BCUT2D eigenvalue weighted by Crippen LogP contribution is 2.59. The molecule has 22 heavy (non-hydrogen) atoms. The summed E-state index contributed by atoms with van der Waals surface area (Å²) >= 11 is 6.10.